The number of carbonyl (C=O) groups excluding carboxylic acids is 1. The van der Waals surface area contributed by atoms with Crippen molar-refractivity contribution in [3.63, 3.8) is 0 Å². The normalized spacial score (nSPS) is 26.8. The number of nitrogens with one attached hydrogen (secondary N) is 2. The van der Waals surface area contributed by atoms with Crippen LogP contribution in [0.1, 0.15) is 45.4 Å². The van der Waals surface area contributed by atoms with Gasteiger partial charge in [-0.1, -0.05) is 12.1 Å². The predicted molar refractivity (Wildman–Crippen MR) is 101 cm³/mol. The molecule has 1 saturated carbocycles. The molecule has 0 radical (unpaired) electrons. The second kappa shape index (κ2) is 10.7. The summed E-state index contributed by atoms with van der Waals surface area (Å²) in [6.07, 6.45) is 9.39. The average molecular weight is 380 g/mol. The first-order valence-corrected chi connectivity index (χ1v) is 10.3. The summed E-state index contributed by atoms with van der Waals surface area (Å²) in [5, 5.41) is 14.5. The maximum Gasteiger partial charge on any atom is 0.223 e. The molecule has 1 aliphatic heterocycles. The fourth-order valence-electron chi connectivity index (χ4n) is 3.98. The van der Waals surface area contributed by atoms with E-state index in [1.165, 1.54) is 0 Å². The molecule has 3 atom stereocenters. The molecule has 1 aromatic rings. The molecule has 8 nitrogen and oxygen atoms in total. The average Bonchev–Trinajstić information content (AvgIpc) is 3.21. The summed E-state index contributed by atoms with van der Waals surface area (Å²) in [6.45, 7) is 5.77. The van der Waals surface area contributed by atoms with E-state index < -0.39 is 0 Å². The van der Waals surface area contributed by atoms with Crippen LogP contribution >= 0.6 is 0 Å². The number of nitrogens with zero attached hydrogens (tertiary/aromatic N) is 3. The molecule has 1 saturated heterocycles. The van der Waals surface area contributed by atoms with E-state index in [9.17, 15) is 4.79 Å². The van der Waals surface area contributed by atoms with Gasteiger partial charge >= 0.3 is 0 Å². The van der Waals surface area contributed by atoms with E-state index in [1.54, 1.807) is 17.1 Å². The molecule has 0 unspecified atom stereocenters. The highest BCUT2D eigenvalue weighted by molar-refractivity contribution is 5.78. The van der Waals surface area contributed by atoms with Crippen LogP contribution < -0.4 is 10.6 Å². The molecule has 0 bridgehead atoms. The van der Waals surface area contributed by atoms with Crippen LogP contribution in [0.5, 0.6) is 0 Å². The number of carbonyl (C=O) groups is 1. The first kappa shape index (κ1) is 20.2. The highest BCUT2D eigenvalue weighted by atomic mass is 16.5. The van der Waals surface area contributed by atoms with Gasteiger partial charge in [0, 0.05) is 50.6 Å². The van der Waals surface area contributed by atoms with E-state index in [2.05, 4.69) is 27.9 Å². The highest BCUT2D eigenvalue weighted by Crippen LogP contribution is 2.28. The van der Waals surface area contributed by atoms with Crippen molar-refractivity contribution in [3.8, 4) is 0 Å². The lowest BCUT2D eigenvalue weighted by molar-refractivity contribution is -0.127. The summed E-state index contributed by atoms with van der Waals surface area (Å²) in [7, 11) is 0. The first-order valence-electron chi connectivity index (χ1n) is 10.3. The summed E-state index contributed by atoms with van der Waals surface area (Å²) in [4.78, 5) is 12.6. The zero-order chi connectivity index (χ0) is 18.9. The van der Waals surface area contributed by atoms with Crippen LogP contribution in [-0.4, -0.2) is 65.5 Å². The van der Waals surface area contributed by atoms with E-state index in [-0.39, 0.29) is 24.0 Å². The van der Waals surface area contributed by atoms with E-state index in [4.69, 9.17) is 9.47 Å². The molecule has 1 aliphatic carbocycles. The second-order valence-corrected chi connectivity index (χ2v) is 7.54. The van der Waals surface area contributed by atoms with E-state index in [1.807, 2.05) is 0 Å². The number of amides is 1. The molecule has 2 N–H and O–H groups in total. The van der Waals surface area contributed by atoms with Gasteiger partial charge in [0.1, 0.15) is 0 Å². The number of hydrogen-bond acceptors (Lipinski definition) is 6. The van der Waals surface area contributed by atoms with Crippen molar-refractivity contribution in [3.05, 3.63) is 12.4 Å². The summed E-state index contributed by atoms with van der Waals surface area (Å²) in [5.41, 5.74) is 0. The zero-order valence-electron chi connectivity index (χ0n) is 16.3. The number of ether oxygens (including phenoxy) is 2. The maximum atomic E-state index is 12.6. The molecule has 0 aromatic carbocycles. The van der Waals surface area contributed by atoms with Crippen molar-refractivity contribution < 1.29 is 14.3 Å². The molecule has 2 fully saturated rings. The molecule has 3 rings (SSSR count). The van der Waals surface area contributed by atoms with Gasteiger partial charge in [0.05, 0.1) is 18.8 Å². The molecular weight excluding hydrogens is 346 g/mol. The van der Waals surface area contributed by atoms with Crippen LogP contribution in [0.4, 0.5) is 0 Å². The van der Waals surface area contributed by atoms with Crippen molar-refractivity contribution in [1.82, 2.24) is 25.6 Å². The summed E-state index contributed by atoms with van der Waals surface area (Å²) in [6, 6.07) is 0.699. The lowest BCUT2D eigenvalue weighted by Crippen LogP contribution is -2.53. The Morgan fingerprint density at radius 3 is 2.89 bits per heavy atom. The Balaban J connectivity index is 1.49. The minimum atomic E-state index is 0.0413. The molecule has 1 aromatic heterocycles. The third-order valence-corrected chi connectivity index (χ3v) is 5.48. The van der Waals surface area contributed by atoms with E-state index >= 15 is 0 Å². The second-order valence-electron chi connectivity index (χ2n) is 7.54. The van der Waals surface area contributed by atoms with Crippen LogP contribution in [0, 0.1) is 5.92 Å². The molecular formula is C19H33N5O3. The Bertz CT molecular complexity index is 548. The summed E-state index contributed by atoms with van der Waals surface area (Å²) >= 11 is 0. The van der Waals surface area contributed by atoms with Crippen molar-refractivity contribution in [2.24, 2.45) is 5.92 Å². The van der Waals surface area contributed by atoms with Crippen LogP contribution in [-0.2, 0) is 20.8 Å². The van der Waals surface area contributed by atoms with Crippen molar-refractivity contribution in [1.29, 1.82) is 0 Å². The van der Waals surface area contributed by atoms with Crippen molar-refractivity contribution in [2.45, 2.75) is 70.2 Å². The maximum absolute atomic E-state index is 12.6. The van der Waals surface area contributed by atoms with Crippen LogP contribution in [0.25, 0.3) is 0 Å². The number of rotatable bonds is 9. The summed E-state index contributed by atoms with van der Waals surface area (Å²) in [5.74, 6) is 0.183. The molecule has 2 aliphatic rings. The monoisotopic (exact) mass is 379 g/mol. The first-order chi connectivity index (χ1) is 13.3. The van der Waals surface area contributed by atoms with Gasteiger partial charge in [-0.25, -0.2) is 0 Å². The Morgan fingerprint density at radius 2 is 2.15 bits per heavy atom. The highest BCUT2D eigenvalue weighted by Gasteiger charge is 2.35. The standard InChI is InChI=1S/C19H33N5O3/c1-2-11-27-18-4-3-15(14-17(18)22-16-5-12-26-13-6-16)19(25)20-7-9-24-10-8-21-23-24/h8,10,15-18,22H,2-7,9,11-14H2,1H3,(H,20,25)/t15-,17+,18+/m0/s1. The molecule has 152 valence electrons. The third-order valence-electron chi connectivity index (χ3n) is 5.48. The Labute approximate surface area is 161 Å². The van der Waals surface area contributed by atoms with Gasteiger partial charge in [-0.15, -0.1) is 5.10 Å². The van der Waals surface area contributed by atoms with Gasteiger partial charge < -0.3 is 20.1 Å². The van der Waals surface area contributed by atoms with Crippen LogP contribution in [0.3, 0.4) is 0 Å². The van der Waals surface area contributed by atoms with Gasteiger partial charge in [0.2, 0.25) is 5.91 Å². The van der Waals surface area contributed by atoms with Gasteiger partial charge in [-0.2, -0.15) is 0 Å². The lowest BCUT2D eigenvalue weighted by Gasteiger charge is -2.39. The molecule has 27 heavy (non-hydrogen) atoms. The number of hydrogen-bond donors (Lipinski definition) is 2. The molecule has 1 amide bonds. The fraction of sp³-hybridized carbons (Fsp3) is 0.842. The molecule has 2 heterocycles. The fourth-order valence-corrected chi connectivity index (χ4v) is 3.98. The predicted octanol–water partition coefficient (Wildman–Crippen LogP) is 1.13. The third kappa shape index (κ3) is 6.26. The minimum absolute atomic E-state index is 0.0413. The van der Waals surface area contributed by atoms with Gasteiger partial charge in [-0.05, 0) is 38.5 Å². The smallest absolute Gasteiger partial charge is 0.223 e. The zero-order valence-corrected chi connectivity index (χ0v) is 16.3. The molecule has 0 spiro atoms. The van der Waals surface area contributed by atoms with E-state index in [0.29, 0.717) is 19.1 Å². The van der Waals surface area contributed by atoms with Crippen LogP contribution in [0.15, 0.2) is 12.4 Å². The van der Waals surface area contributed by atoms with Gasteiger partial charge in [0.25, 0.3) is 0 Å². The van der Waals surface area contributed by atoms with Crippen molar-refractivity contribution in [2.75, 3.05) is 26.4 Å². The van der Waals surface area contributed by atoms with Gasteiger partial charge in [0.15, 0.2) is 0 Å². The Kier molecular flexibility index (Phi) is 8.04. The quantitative estimate of drug-likeness (QED) is 0.668. The SMILES string of the molecule is CCCO[C@@H]1CC[C@H](C(=O)NCCn2ccnn2)C[C@H]1NC1CCOCC1. The Morgan fingerprint density at radius 1 is 1.30 bits per heavy atom. The van der Waals surface area contributed by atoms with Crippen molar-refractivity contribution >= 4 is 5.91 Å². The van der Waals surface area contributed by atoms with Crippen LogP contribution in [0.2, 0.25) is 0 Å². The Hall–Kier alpha value is -1.51. The summed E-state index contributed by atoms with van der Waals surface area (Å²) < 4.78 is 13.3. The van der Waals surface area contributed by atoms with E-state index in [0.717, 1.165) is 58.3 Å². The minimum Gasteiger partial charge on any atom is -0.381 e. The molecule has 8 heteroatoms. The topological polar surface area (TPSA) is 90.3 Å². The van der Waals surface area contributed by atoms with Gasteiger partial charge in [-0.3, -0.25) is 9.48 Å². The number of aromatic nitrogens is 3. The lowest BCUT2D eigenvalue weighted by atomic mass is 9.82. The largest absolute Gasteiger partial charge is 0.381 e.